The number of aliphatic carboxylic acids is 1. The molecule has 0 radical (unpaired) electrons. The van der Waals surface area contributed by atoms with Gasteiger partial charge in [-0.15, -0.1) is 0 Å². The zero-order valence-corrected chi connectivity index (χ0v) is 9.86. The molecule has 88 valence electrons. The van der Waals surface area contributed by atoms with E-state index < -0.39 is 11.9 Å². The van der Waals surface area contributed by atoms with Crippen LogP contribution in [-0.2, 0) is 4.79 Å². The van der Waals surface area contributed by atoms with Crippen LogP contribution in [0.5, 0.6) is 0 Å². The van der Waals surface area contributed by atoms with Crippen molar-refractivity contribution in [2.45, 2.75) is 20.8 Å². The molecule has 0 aromatic carbocycles. The Bertz CT molecular complexity index is 231. The Morgan fingerprint density at radius 3 is 2.13 bits per heavy atom. The zero-order valence-electron chi connectivity index (χ0n) is 9.86. The lowest BCUT2D eigenvalue weighted by atomic mass is 10.2. The fraction of sp³-hybridized carbons (Fsp3) is 0.800. The Kier molecular flexibility index (Phi) is 5.74. The number of carbonyl (C=O) groups excluding carboxylic acids is 1. The molecule has 0 aromatic heterocycles. The maximum Gasteiger partial charge on any atom is 0.319 e. The van der Waals surface area contributed by atoms with E-state index in [0.717, 1.165) is 0 Å². The van der Waals surface area contributed by atoms with Gasteiger partial charge in [-0.3, -0.25) is 4.79 Å². The highest BCUT2D eigenvalue weighted by molar-refractivity contribution is 5.75. The lowest BCUT2D eigenvalue weighted by Crippen LogP contribution is -2.43. The number of carboxylic acid groups (broad SMARTS) is 1. The van der Waals surface area contributed by atoms with Gasteiger partial charge in [0, 0.05) is 26.7 Å². The van der Waals surface area contributed by atoms with Crippen LogP contribution in [0.1, 0.15) is 20.8 Å². The monoisotopic (exact) mass is 216 g/mol. The van der Waals surface area contributed by atoms with E-state index in [4.69, 9.17) is 5.11 Å². The Morgan fingerprint density at radius 2 is 1.80 bits per heavy atom. The quantitative estimate of drug-likeness (QED) is 0.748. The highest BCUT2D eigenvalue weighted by Gasteiger charge is 2.20. The molecule has 0 fully saturated rings. The first kappa shape index (κ1) is 13.7. The molecule has 0 bridgehead atoms. The van der Waals surface area contributed by atoms with Gasteiger partial charge in [0.05, 0.1) is 5.92 Å². The van der Waals surface area contributed by atoms with E-state index >= 15 is 0 Å². The molecule has 0 saturated heterocycles. The summed E-state index contributed by atoms with van der Waals surface area (Å²) >= 11 is 0. The first-order valence-corrected chi connectivity index (χ1v) is 5.16. The molecule has 15 heavy (non-hydrogen) atoms. The Hall–Kier alpha value is -1.26. The number of hydrogen-bond donors (Lipinski definition) is 1. The molecule has 1 unspecified atom stereocenters. The summed E-state index contributed by atoms with van der Waals surface area (Å²) in [6, 6.07) is -0.117. The maximum absolute atomic E-state index is 11.7. The summed E-state index contributed by atoms with van der Waals surface area (Å²) in [4.78, 5) is 25.5. The summed E-state index contributed by atoms with van der Waals surface area (Å²) in [5.41, 5.74) is 0. The third-order valence-corrected chi connectivity index (χ3v) is 2.37. The predicted octanol–water partition coefficient (Wildman–Crippen LogP) is 1.10. The van der Waals surface area contributed by atoms with Gasteiger partial charge in [0.25, 0.3) is 0 Å². The minimum Gasteiger partial charge on any atom is -0.481 e. The van der Waals surface area contributed by atoms with Gasteiger partial charge < -0.3 is 14.9 Å². The lowest BCUT2D eigenvalue weighted by Gasteiger charge is -2.27. The van der Waals surface area contributed by atoms with Gasteiger partial charge >= 0.3 is 12.0 Å². The van der Waals surface area contributed by atoms with Gasteiger partial charge in [-0.05, 0) is 13.8 Å². The average Bonchev–Trinajstić information content (AvgIpc) is 2.23. The molecule has 0 aliphatic heterocycles. The van der Waals surface area contributed by atoms with Crippen LogP contribution in [0.3, 0.4) is 0 Å². The molecule has 2 amide bonds. The van der Waals surface area contributed by atoms with Gasteiger partial charge in [0.1, 0.15) is 0 Å². The summed E-state index contributed by atoms with van der Waals surface area (Å²) in [5, 5.41) is 8.75. The number of carboxylic acids is 1. The second kappa shape index (κ2) is 6.27. The van der Waals surface area contributed by atoms with E-state index in [-0.39, 0.29) is 12.6 Å². The highest BCUT2D eigenvalue weighted by Crippen LogP contribution is 2.03. The van der Waals surface area contributed by atoms with E-state index in [1.54, 1.807) is 23.8 Å². The smallest absolute Gasteiger partial charge is 0.319 e. The Balaban J connectivity index is 4.36. The summed E-state index contributed by atoms with van der Waals surface area (Å²) in [6.45, 7) is 6.74. The summed E-state index contributed by atoms with van der Waals surface area (Å²) in [7, 11) is 1.70. The van der Waals surface area contributed by atoms with Gasteiger partial charge in [0.2, 0.25) is 0 Å². The average molecular weight is 216 g/mol. The second-order valence-electron chi connectivity index (χ2n) is 3.57. The molecule has 0 spiro atoms. The number of urea groups is 1. The van der Waals surface area contributed by atoms with Crippen molar-refractivity contribution in [2.75, 3.05) is 26.7 Å². The van der Waals surface area contributed by atoms with E-state index in [1.807, 2.05) is 13.8 Å². The molecule has 0 heterocycles. The van der Waals surface area contributed by atoms with Crippen molar-refractivity contribution in [1.29, 1.82) is 0 Å². The SMILES string of the molecule is CCN(C)C(=O)N(CC)CC(C)C(=O)O. The van der Waals surface area contributed by atoms with Gasteiger partial charge in [-0.25, -0.2) is 4.79 Å². The van der Waals surface area contributed by atoms with Crippen LogP contribution < -0.4 is 0 Å². The molecule has 0 aromatic rings. The molecule has 1 N–H and O–H groups in total. The van der Waals surface area contributed by atoms with Crippen LogP contribution in [-0.4, -0.2) is 53.6 Å². The predicted molar refractivity (Wildman–Crippen MR) is 57.7 cm³/mol. The second-order valence-corrected chi connectivity index (χ2v) is 3.57. The standard InChI is InChI=1S/C10H20N2O3/c1-5-11(4)10(15)12(6-2)7-8(3)9(13)14/h8H,5-7H2,1-4H3,(H,13,14). The van der Waals surface area contributed by atoms with Crippen molar-refractivity contribution < 1.29 is 14.7 Å². The van der Waals surface area contributed by atoms with Crippen molar-refractivity contribution in [3.05, 3.63) is 0 Å². The van der Waals surface area contributed by atoms with Crippen molar-refractivity contribution in [3.63, 3.8) is 0 Å². The zero-order chi connectivity index (χ0) is 12.0. The van der Waals surface area contributed by atoms with Crippen molar-refractivity contribution >= 4 is 12.0 Å². The fourth-order valence-electron chi connectivity index (χ4n) is 1.13. The van der Waals surface area contributed by atoms with E-state index in [9.17, 15) is 9.59 Å². The maximum atomic E-state index is 11.7. The normalized spacial score (nSPS) is 12.0. The first-order chi connectivity index (χ1) is 6.93. The van der Waals surface area contributed by atoms with Crippen molar-refractivity contribution in [3.8, 4) is 0 Å². The topological polar surface area (TPSA) is 60.9 Å². The van der Waals surface area contributed by atoms with Crippen molar-refractivity contribution in [2.24, 2.45) is 5.92 Å². The third-order valence-electron chi connectivity index (χ3n) is 2.37. The molecule has 0 aliphatic carbocycles. The molecule has 1 atom stereocenters. The van der Waals surface area contributed by atoms with Gasteiger partial charge in [-0.2, -0.15) is 0 Å². The minimum absolute atomic E-state index is 0.117. The van der Waals surface area contributed by atoms with Crippen LogP contribution in [0.4, 0.5) is 4.79 Å². The molecule has 5 nitrogen and oxygen atoms in total. The van der Waals surface area contributed by atoms with Gasteiger partial charge in [0.15, 0.2) is 0 Å². The molecular formula is C10H20N2O3. The number of rotatable bonds is 5. The van der Waals surface area contributed by atoms with E-state index in [0.29, 0.717) is 13.1 Å². The summed E-state index contributed by atoms with van der Waals surface area (Å²) in [5.74, 6) is -1.40. The van der Waals surface area contributed by atoms with E-state index in [1.165, 1.54) is 0 Å². The third kappa shape index (κ3) is 4.18. The molecule has 5 heteroatoms. The summed E-state index contributed by atoms with van der Waals surface area (Å²) in [6.07, 6.45) is 0. The molecule has 0 rings (SSSR count). The number of carbonyl (C=O) groups is 2. The lowest BCUT2D eigenvalue weighted by molar-refractivity contribution is -0.141. The minimum atomic E-state index is -0.875. The number of nitrogens with zero attached hydrogens (tertiary/aromatic N) is 2. The highest BCUT2D eigenvalue weighted by atomic mass is 16.4. The van der Waals surface area contributed by atoms with Crippen molar-refractivity contribution in [1.82, 2.24) is 9.80 Å². The van der Waals surface area contributed by atoms with Crippen LogP contribution in [0.15, 0.2) is 0 Å². The molecule has 0 saturated carbocycles. The van der Waals surface area contributed by atoms with Crippen LogP contribution in [0.25, 0.3) is 0 Å². The fourth-order valence-corrected chi connectivity index (χ4v) is 1.13. The van der Waals surface area contributed by atoms with Crippen LogP contribution in [0, 0.1) is 5.92 Å². The van der Waals surface area contributed by atoms with Crippen LogP contribution >= 0.6 is 0 Å². The van der Waals surface area contributed by atoms with Crippen LogP contribution in [0.2, 0.25) is 0 Å². The summed E-state index contributed by atoms with van der Waals surface area (Å²) < 4.78 is 0. The Morgan fingerprint density at radius 1 is 1.27 bits per heavy atom. The largest absolute Gasteiger partial charge is 0.481 e. The number of hydrogen-bond acceptors (Lipinski definition) is 2. The van der Waals surface area contributed by atoms with Gasteiger partial charge in [-0.1, -0.05) is 6.92 Å². The first-order valence-electron chi connectivity index (χ1n) is 5.16. The number of amides is 2. The molecule has 0 aliphatic rings. The molecular weight excluding hydrogens is 196 g/mol. The Labute approximate surface area is 90.7 Å². The van der Waals surface area contributed by atoms with E-state index in [2.05, 4.69) is 0 Å².